The van der Waals surface area contributed by atoms with Crippen LogP contribution in [0.5, 0.6) is 5.75 Å². The lowest BCUT2D eigenvalue weighted by Crippen LogP contribution is -2.17. The molecule has 1 aliphatic carbocycles. The van der Waals surface area contributed by atoms with Gasteiger partial charge in [0.25, 0.3) is 0 Å². The fourth-order valence-electron chi connectivity index (χ4n) is 2.12. The summed E-state index contributed by atoms with van der Waals surface area (Å²) in [6.45, 7) is 0.895. The number of hydrogen-bond donors (Lipinski definition) is 1. The largest absolute Gasteiger partial charge is 0.497 e. The Morgan fingerprint density at radius 2 is 2.06 bits per heavy atom. The molecular weight excluding hydrogens is 228 g/mol. The second-order valence-electron chi connectivity index (χ2n) is 4.55. The van der Waals surface area contributed by atoms with E-state index in [-0.39, 0.29) is 0 Å². The van der Waals surface area contributed by atoms with E-state index < -0.39 is 6.10 Å². The van der Waals surface area contributed by atoms with Gasteiger partial charge in [-0.05, 0) is 42.5 Å². The summed E-state index contributed by atoms with van der Waals surface area (Å²) in [4.78, 5) is 0. The van der Waals surface area contributed by atoms with Crippen LogP contribution >= 0.6 is 0 Å². The first-order valence-corrected chi connectivity index (χ1v) is 6.37. The zero-order chi connectivity index (χ0) is 12.8. The molecule has 0 unspecified atom stereocenters. The van der Waals surface area contributed by atoms with Crippen LogP contribution in [0.25, 0.3) is 0 Å². The molecule has 0 amide bonds. The molecule has 1 atom stereocenters. The summed E-state index contributed by atoms with van der Waals surface area (Å²) in [5.74, 6) is 0.842. The minimum Gasteiger partial charge on any atom is -0.497 e. The van der Waals surface area contributed by atoms with Gasteiger partial charge < -0.3 is 14.6 Å². The Hall–Kier alpha value is -1.32. The Kier molecular flexibility index (Phi) is 4.79. The van der Waals surface area contributed by atoms with Crippen molar-refractivity contribution in [3.05, 3.63) is 41.5 Å². The highest BCUT2D eigenvalue weighted by atomic mass is 16.5. The van der Waals surface area contributed by atoms with Crippen molar-refractivity contribution in [1.29, 1.82) is 0 Å². The summed E-state index contributed by atoms with van der Waals surface area (Å²) in [5.41, 5.74) is 2.22. The second-order valence-corrected chi connectivity index (χ2v) is 4.55. The van der Waals surface area contributed by atoms with E-state index in [1.807, 2.05) is 24.3 Å². The topological polar surface area (TPSA) is 38.7 Å². The van der Waals surface area contributed by atoms with Gasteiger partial charge in [-0.2, -0.15) is 0 Å². The molecule has 1 aromatic rings. The van der Waals surface area contributed by atoms with Gasteiger partial charge in [-0.15, -0.1) is 0 Å². The third-order valence-corrected chi connectivity index (χ3v) is 3.21. The van der Waals surface area contributed by atoms with Gasteiger partial charge in [0.1, 0.15) is 5.75 Å². The van der Waals surface area contributed by atoms with E-state index in [0.717, 1.165) is 36.1 Å². The van der Waals surface area contributed by atoms with E-state index in [4.69, 9.17) is 9.47 Å². The number of allylic oxidation sites excluding steroid dienone is 1. The van der Waals surface area contributed by atoms with Gasteiger partial charge >= 0.3 is 0 Å². The van der Waals surface area contributed by atoms with Crippen molar-refractivity contribution in [2.24, 2.45) is 0 Å². The normalized spacial score (nSPS) is 16.4. The molecule has 0 aliphatic heterocycles. The lowest BCUT2D eigenvalue weighted by molar-refractivity contribution is 0.0444. The number of ether oxygens (including phenoxy) is 2. The Balaban J connectivity index is 1.74. The first-order chi connectivity index (χ1) is 8.79. The average Bonchev–Trinajstić information content (AvgIpc) is 2.93. The number of aliphatic hydroxyl groups is 1. The number of aliphatic hydroxyl groups excluding tert-OH is 1. The maximum atomic E-state index is 9.90. The van der Waals surface area contributed by atoms with Crippen molar-refractivity contribution < 1.29 is 14.6 Å². The molecular formula is C15H20O3. The predicted octanol–water partition coefficient (Wildman–Crippen LogP) is 2.68. The fourth-order valence-corrected chi connectivity index (χ4v) is 2.12. The summed E-state index contributed by atoms with van der Waals surface area (Å²) in [5, 5.41) is 9.90. The lowest BCUT2D eigenvalue weighted by Gasteiger charge is -2.12. The van der Waals surface area contributed by atoms with Crippen molar-refractivity contribution in [2.75, 3.05) is 13.7 Å². The van der Waals surface area contributed by atoms with Gasteiger partial charge in [0.15, 0.2) is 0 Å². The molecule has 1 N–H and O–H groups in total. The number of methoxy groups -OCH3 is 1. The molecule has 0 saturated heterocycles. The highest BCUT2D eigenvalue weighted by Gasteiger charge is 2.14. The number of benzene rings is 1. The van der Waals surface area contributed by atoms with E-state index in [0.29, 0.717) is 13.2 Å². The fraction of sp³-hybridized carbons (Fsp3) is 0.467. The Bertz CT molecular complexity index is 395. The van der Waals surface area contributed by atoms with Crippen molar-refractivity contribution in [2.45, 2.75) is 32.0 Å². The minimum absolute atomic E-state index is 0.373. The highest BCUT2D eigenvalue weighted by molar-refractivity contribution is 5.26. The van der Waals surface area contributed by atoms with Crippen LogP contribution in [-0.4, -0.2) is 24.9 Å². The molecule has 0 fully saturated rings. The molecule has 1 aliphatic rings. The van der Waals surface area contributed by atoms with E-state index in [1.54, 1.807) is 7.11 Å². The van der Waals surface area contributed by atoms with E-state index in [9.17, 15) is 5.11 Å². The van der Waals surface area contributed by atoms with Crippen LogP contribution in [0, 0.1) is 0 Å². The van der Waals surface area contributed by atoms with Crippen LogP contribution < -0.4 is 4.74 Å². The van der Waals surface area contributed by atoms with Crippen LogP contribution in [-0.2, 0) is 11.3 Å². The van der Waals surface area contributed by atoms with Crippen LogP contribution in [0.3, 0.4) is 0 Å². The third kappa shape index (κ3) is 3.59. The van der Waals surface area contributed by atoms with Crippen molar-refractivity contribution in [3.63, 3.8) is 0 Å². The Morgan fingerprint density at radius 1 is 1.28 bits per heavy atom. The van der Waals surface area contributed by atoms with Gasteiger partial charge in [-0.1, -0.05) is 18.2 Å². The van der Waals surface area contributed by atoms with E-state index in [2.05, 4.69) is 6.08 Å². The molecule has 3 heteroatoms. The standard InChI is InChI=1S/C15H20O3/c1-17-14-8-6-12(7-9-14)10-18-11-15(16)13-4-2-3-5-13/h4,6-9,15-16H,2-3,5,10-11H2,1H3/t15-/m0/s1. The van der Waals surface area contributed by atoms with E-state index in [1.165, 1.54) is 0 Å². The van der Waals surface area contributed by atoms with Gasteiger partial charge in [-0.25, -0.2) is 0 Å². The maximum Gasteiger partial charge on any atom is 0.118 e. The molecule has 0 radical (unpaired) electrons. The molecule has 98 valence electrons. The first kappa shape index (κ1) is 13.1. The van der Waals surface area contributed by atoms with Crippen LogP contribution in [0.2, 0.25) is 0 Å². The monoisotopic (exact) mass is 248 g/mol. The zero-order valence-electron chi connectivity index (χ0n) is 10.8. The molecule has 2 rings (SSSR count). The maximum absolute atomic E-state index is 9.90. The van der Waals surface area contributed by atoms with Gasteiger partial charge in [-0.3, -0.25) is 0 Å². The smallest absolute Gasteiger partial charge is 0.118 e. The number of rotatable bonds is 6. The van der Waals surface area contributed by atoms with E-state index >= 15 is 0 Å². The van der Waals surface area contributed by atoms with Crippen LogP contribution in [0.15, 0.2) is 35.9 Å². The molecule has 0 heterocycles. The molecule has 1 aromatic carbocycles. The lowest BCUT2D eigenvalue weighted by atomic mass is 10.1. The number of hydrogen-bond acceptors (Lipinski definition) is 3. The molecule has 18 heavy (non-hydrogen) atoms. The molecule has 0 spiro atoms. The zero-order valence-corrected chi connectivity index (χ0v) is 10.8. The van der Waals surface area contributed by atoms with Gasteiger partial charge in [0, 0.05) is 0 Å². The SMILES string of the molecule is COc1ccc(COC[C@H](O)C2=CCCC2)cc1. The summed E-state index contributed by atoms with van der Waals surface area (Å²) in [7, 11) is 1.65. The predicted molar refractivity (Wildman–Crippen MR) is 70.6 cm³/mol. The third-order valence-electron chi connectivity index (χ3n) is 3.21. The molecule has 3 nitrogen and oxygen atoms in total. The average molecular weight is 248 g/mol. The van der Waals surface area contributed by atoms with Crippen LogP contribution in [0.1, 0.15) is 24.8 Å². The summed E-state index contributed by atoms with van der Waals surface area (Å²) < 4.78 is 10.6. The summed E-state index contributed by atoms with van der Waals surface area (Å²) in [6, 6.07) is 7.77. The van der Waals surface area contributed by atoms with Crippen molar-refractivity contribution in [1.82, 2.24) is 0 Å². The van der Waals surface area contributed by atoms with Crippen molar-refractivity contribution in [3.8, 4) is 5.75 Å². The summed E-state index contributed by atoms with van der Waals surface area (Å²) in [6.07, 6.45) is 4.94. The summed E-state index contributed by atoms with van der Waals surface area (Å²) >= 11 is 0. The Labute approximate surface area is 108 Å². The molecule has 0 aromatic heterocycles. The highest BCUT2D eigenvalue weighted by Crippen LogP contribution is 2.21. The van der Waals surface area contributed by atoms with Crippen molar-refractivity contribution >= 4 is 0 Å². The molecule has 0 bridgehead atoms. The first-order valence-electron chi connectivity index (χ1n) is 6.37. The quantitative estimate of drug-likeness (QED) is 0.787. The molecule has 0 saturated carbocycles. The Morgan fingerprint density at radius 3 is 2.67 bits per heavy atom. The second kappa shape index (κ2) is 6.57. The minimum atomic E-state index is -0.439. The van der Waals surface area contributed by atoms with Crippen LogP contribution in [0.4, 0.5) is 0 Å². The van der Waals surface area contributed by atoms with Gasteiger partial charge in [0.2, 0.25) is 0 Å². The van der Waals surface area contributed by atoms with Gasteiger partial charge in [0.05, 0.1) is 26.4 Å².